The molecule has 1 fully saturated rings. The fourth-order valence-electron chi connectivity index (χ4n) is 1.98. The van der Waals surface area contributed by atoms with E-state index >= 15 is 0 Å². The summed E-state index contributed by atoms with van der Waals surface area (Å²) in [4.78, 5) is 13.6. The minimum absolute atomic E-state index is 0.0299. The fraction of sp³-hybridized carbons (Fsp3) is 0.909. The van der Waals surface area contributed by atoms with Gasteiger partial charge in [0.25, 0.3) is 0 Å². The van der Waals surface area contributed by atoms with E-state index in [4.69, 9.17) is 0 Å². The average molecular weight is 354 g/mol. The van der Waals surface area contributed by atoms with Crippen molar-refractivity contribution >= 4 is 28.9 Å². The molecule has 5 nitrogen and oxygen atoms in total. The van der Waals surface area contributed by atoms with Crippen LogP contribution in [0.5, 0.6) is 0 Å². The van der Waals surface area contributed by atoms with Crippen LogP contribution in [0.4, 0.5) is 4.79 Å². The molecule has 0 aliphatic heterocycles. The largest absolute Gasteiger partial charge is 0.337 e. The second kappa shape index (κ2) is 8.10. The van der Waals surface area contributed by atoms with Crippen LogP contribution in [0.3, 0.4) is 0 Å². The molecule has 1 saturated carbocycles. The first kappa shape index (κ1) is 15.0. The maximum atomic E-state index is 11.6. The van der Waals surface area contributed by atoms with Crippen LogP contribution in [0.15, 0.2) is 0 Å². The Morgan fingerprint density at radius 1 is 1.24 bits per heavy atom. The molecule has 17 heavy (non-hydrogen) atoms. The molecule has 1 aliphatic rings. The number of amides is 2. The lowest BCUT2D eigenvalue weighted by Gasteiger charge is -2.28. The minimum atomic E-state index is -0.0299. The van der Waals surface area contributed by atoms with Crippen molar-refractivity contribution in [3.63, 3.8) is 0 Å². The van der Waals surface area contributed by atoms with Crippen LogP contribution in [0.1, 0.15) is 25.7 Å². The lowest BCUT2D eigenvalue weighted by Crippen LogP contribution is -2.46. The van der Waals surface area contributed by atoms with Crippen LogP contribution in [-0.4, -0.2) is 50.2 Å². The Kier molecular flexibility index (Phi) is 7.14. The van der Waals surface area contributed by atoms with Crippen molar-refractivity contribution in [2.75, 3.05) is 27.2 Å². The summed E-state index contributed by atoms with van der Waals surface area (Å²) < 4.78 is 3.26. The molecule has 0 spiro atoms. The van der Waals surface area contributed by atoms with Crippen molar-refractivity contribution in [1.82, 2.24) is 19.1 Å². The van der Waals surface area contributed by atoms with Crippen LogP contribution >= 0.6 is 22.9 Å². The quantitative estimate of drug-likeness (QED) is 0.512. The van der Waals surface area contributed by atoms with Crippen molar-refractivity contribution in [2.24, 2.45) is 0 Å². The van der Waals surface area contributed by atoms with Gasteiger partial charge >= 0.3 is 6.03 Å². The van der Waals surface area contributed by atoms with Crippen molar-refractivity contribution in [3.8, 4) is 0 Å². The number of carbonyl (C=O) groups is 1. The SMILES string of the molecule is CN(C)CCNC(=O)N[C@H]1CC[C@H](NI)CC1. The topological polar surface area (TPSA) is 56.4 Å². The molecule has 0 saturated heterocycles. The Hall–Kier alpha value is -0.0800. The van der Waals surface area contributed by atoms with Crippen LogP contribution in [0.25, 0.3) is 0 Å². The Morgan fingerprint density at radius 2 is 1.82 bits per heavy atom. The minimum Gasteiger partial charge on any atom is -0.337 e. The Morgan fingerprint density at radius 3 is 2.35 bits per heavy atom. The van der Waals surface area contributed by atoms with Gasteiger partial charge in [-0.15, -0.1) is 0 Å². The number of halogens is 1. The summed E-state index contributed by atoms with van der Waals surface area (Å²) >= 11 is 2.21. The highest BCUT2D eigenvalue weighted by Crippen LogP contribution is 2.19. The normalized spacial score (nSPS) is 24.7. The number of rotatable bonds is 5. The smallest absolute Gasteiger partial charge is 0.315 e. The Bertz CT molecular complexity index is 230. The summed E-state index contributed by atoms with van der Waals surface area (Å²) in [5, 5.41) is 5.92. The molecule has 0 aromatic carbocycles. The van der Waals surface area contributed by atoms with E-state index in [1.54, 1.807) is 0 Å². The zero-order valence-electron chi connectivity index (χ0n) is 10.6. The van der Waals surface area contributed by atoms with Gasteiger partial charge in [0.15, 0.2) is 0 Å². The summed E-state index contributed by atoms with van der Waals surface area (Å²) in [7, 11) is 4.00. The Labute approximate surface area is 118 Å². The van der Waals surface area contributed by atoms with Gasteiger partial charge in [-0.2, -0.15) is 0 Å². The third kappa shape index (κ3) is 6.42. The first-order chi connectivity index (χ1) is 8.11. The average Bonchev–Trinajstić information content (AvgIpc) is 2.29. The molecule has 2 amide bonds. The number of nitrogens with zero attached hydrogens (tertiary/aromatic N) is 1. The van der Waals surface area contributed by atoms with E-state index in [0.29, 0.717) is 18.6 Å². The zero-order chi connectivity index (χ0) is 12.7. The monoisotopic (exact) mass is 354 g/mol. The lowest BCUT2D eigenvalue weighted by atomic mass is 9.92. The molecule has 0 bridgehead atoms. The first-order valence-corrected chi connectivity index (χ1v) is 7.25. The van der Waals surface area contributed by atoms with E-state index in [1.807, 2.05) is 14.1 Å². The molecular weight excluding hydrogens is 331 g/mol. The predicted octanol–water partition coefficient (Wildman–Crippen LogP) is 1.10. The van der Waals surface area contributed by atoms with Crippen molar-refractivity contribution in [2.45, 2.75) is 37.8 Å². The van der Waals surface area contributed by atoms with Gasteiger partial charge in [-0.1, -0.05) is 0 Å². The van der Waals surface area contributed by atoms with Gasteiger partial charge in [0.05, 0.1) is 0 Å². The molecule has 1 rings (SSSR count). The number of hydrogen-bond donors (Lipinski definition) is 3. The van der Waals surface area contributed by atoms with Gasteiger partial charge in [-0.05, 0) is 39.8 Å². The maximum absolute atomic E-state index is 11.6. The van der Waals surface area contributed by atoms with Crippen LogP contribution in [-0.2, 0) is 0 Å². The van der Waals surface area contributed by atoms with Crippen molar-refractivity contribution in [1.29, 1.82) is 0 Å². The zero-order valence-corrected chi connectivity index (χ0v) is 12.8. The molecule has 0 radical (unpaired) electrons. The van der Waals surface area contributed by atoms with E-state index in [0.717, 1.165) is 32.2 Å². The summed E-state index contributed by atoms with van der Waals surface area (Å²) in [6.07, 6.45) is 4.43. The van der Waals surface area contributed by atoms with Gasteiger partial charge in [0, 0.05) is 48.0 Å². The highest BCUT2D eigenvalue weighted by Gasteiger charge is 2.21. The van der Waals surface area contributed by atoms with E-state index in [-0.39, 0.29) is 6.03 Å². The van der Waals surface area contributed by atoms with Crippen molar-refractivity contribution in [3.05, 3.63) is 0 Å². The summed E-state index contributed by atoms with van der Waals surface area (Å²) in [6.45, 7) is 1.57. The second-order valence-corrected chi connectivity index (χ2v) is 5.48. The van der Waals surface area contributed by atoms with E-state index in [1.165, 1.54) is 0 Å². The lowest BCUT2D eigenvalue weighted by molar-refractivity contribution is 0.229. The number of hydrogen-bond acceptors (Lipinski definition) is 3. The van der Waals surface area contributed by atoms with Crippen LogP contribution in [0, 0.1) is 0 Å². The summed E-state index contributed by atoms with van der Waals surface area (Å²) in [5.41, 5.74) is 0. The van der Waals surface area contributed by atoms with E-state index in [9.17, 15) is 4.79 Å². The molecule has 0 aromatic heterocycles. The third-order valence-corrected chi connectivity index (χ3v) is 3.94. The number of nitrogens with one attached hydrogen (secondary N) is 3. The highest BCUT2D eigenvalue weighted by atomic mass is 127. The molecule has 0 aromatic rings. The van der Waals surface area contributed by atoms with Crippen LogP contribution < -0.4 is 14.2 Å². The summed E-state index contributed by atoms with van der Waals surface area (Å²) in [6, 6.07) is 0.929. The molecule has 6 heteroatoms. The maximum Gasteiger partial charge on any atom is 0.315 e. The van der Waals surface area contributed by atoms with Gasteiger partial charge in [0.1, 0.15) is 0 Å². The molecule has 0 atom stereocenters. The fourth-order valence-corrected chi connectivity index (χ4v) is 2.60. The predicted molar refractivity (Wildman–Crippen MR) is 78.3 cm³/mol. The molecular formula is C11H23IN4O. The van der Waals surface area contributed by atoms with Gasteiger partial charge in [-0.3, -0.25) is 3.53 Å². The number of carbonyl (C=O) groups excluding carboxylic acids is 1. The molecule has 0 unspecified atom stereocenters. The van der Waals surface area contributed by atoms with Gasteiger partial charge in [0.2, 0.25) is 0 Å². The molecule has 100 valence electrons. The van der Waals surface area contributed by atoms with Crippen molar-refractivity contribution < 1.29 is 4.79 Å². The second-order valence-electron chi connectivity index (χ2n) is 4.86. The Balaban J connectivity index is 2.10. The van der Waals surface area contributed by atoms with Gasteiger partial charge < -0.3 is 15.5 Å². The van der Waals surface area contributed by atoms with E-state index in [2.05, 4.69) is 41.9 Å². The molecule has 0 heterocycles. The molecule has 1 aliphatic carbocycles. The summed E-state index contributed by atoms with van der Waals surface area (Å²) in [5.74, 6) is 0. The van der Waals surface area contributed by atoms with Gasteiger partial charge in [-0.25, -0.2) is 4.79 Å². The third-order valence-electron chi connectivity index (χ3n) is 3.06. The highest BCUT2D eigenvalue weighted by molar-refractivity contribution is 14.1. The van der Waals surface area contributed by atoms with Crippen LogP contribution in [0.2, 0.25) is 0 Å². The first-order valence-electron chi connectivity index (χ1n) is 6.17. The number of urea groups is 1. The van der Waals surface area contributed by atoms with E-state index < -0.39 is 0 Å². The standard InChI is InChI=1S/C11H23IN4O/c1-16(2)8-7-13-11(17)14-9-3-5-10(15-12)6-4-9/h9-10,15H,3-8H2,1-2H3,(H2,13,14,17)/t9-,10-. The number of likely N-dealkylation sites (N-methyl/N-ethyl adjacent to an activating group) is 1. The molecule has 3 N–H and O–H groups in total.